The summed E-state index contributed by atoms with van der Waals surface area (Å²) in [4.78, 5) is 20.8. The van der Waals surface area contributed by atoms with Gasteiger partial charge in [0.2, 0.25) is 5.95 Å². The van der Waals surface area contributed by atoms with Crippen LogP contribution in [0.5, 0.6) is 0 Å². The van der Waals surface area contributed by atoms with Gasteiger partial charge in [0.15, 0.2) is 0 Å². The van der Waals surface area contributed by atoms with Crippen molar-refractivity contribution >= 4 is 5.91 Å². The summed E-state index contributed by atoms with van der Waals surface area (Å²) < 4.78 is 13.1. The molecule has 1 amide bonds. The van der Waals surface area contributed by atoms with Gasteiger partial charge in [-0.1, -0.05) is 0 Å². The van der Waals surface area contributed by atoms with Crippen LogP contribution in [0.3, 0.4) is 0 Å². The third-order valence-electron chi connectivity index (χ3n) is 3.47. The molecule has 1 unspecified atom stereocenters. The molecule has 3 heterocycles. The molecule has 2 aromatic heterocycles. The summed E-state index contributed by atoms with van der Waals surface area (Å²) in [5.41, 5.74) is 1.38. The number of likely N-dealkylation sites (tertiary alicyclic amines) is 1. The smallest absolute Gasteiger partial charge is 0.254 e. The van der Waals surface area contributed by atoms with E-state index in [2.05, 4.69) is 9.97 Å². The number of amides is 1. The minimum atomic E-state index is -0.624. The van der Waals surface area contributed by atoms with Crippen LogP contribution in [-0.4, -0.2) is 27.3 Å². The van der Waals surface area contributed by atoms with Gasteiger partial charge in [0, 0.05) is 36.3 Å². The third kappa shape index (κ3) is 2.23. The van der Waals surface area contributed by atoms with Crippen molar-refractivity contribution in [2.24, 2.45) is 0 Å². The Hall–Kier alpha value is -2.17. The lowest BCUT2D eigenvalue weighted by molar-refractivity contribution is 0.0732. The number of hydrogen-bond acceptors (Lipinski definition) is 2. The maximum atomic E-state index is 13.1. The van der Waals surface area contributed by atoms with Crippen molar-refractivity contribution in [3.05, 3.63) is 53.9 Å². The Morgan fingerprint density at radius 1 is 1.47 bits per heavy atom. The van der Waals surface area contributed by atoms with Crippen LogP contribution in [0.1, 0.15) is 34.9 Å². The molecule has 1 fully saturated rings. The van der Waals surface area contributed by atoms with Crippen molar-refractivity contribution in [1.82, 2.24) is 14.9 Å². The Balaban J connectivity index is 1.87. The molecule has 0 saturated carbocycles. The van der Waals surface area contributed by atoms with E-state index in [1.165, 1.54) is 12.3 Å². The fourth-order valence-electron chi connectivity index (χ4n) is 2.59. The number of aromatic amines is 1. The Bertz CT molecular complexity index is 582. The normalized spacial score (nSPS) is 18.8. The van der Waals surface area contributed by atoms with Crippen LogP contribution in [0.15, 0.2) is 36.7 Å². The van der Waals surface area contributed by atoms with Crippen molar-refractivity contribution < 1.29 is 9.18 Å². The predicted octanol–water partition coefficient (Wildman–Crippen LogP) is 2.53. The van der Waals surface area contributed by atoms with Gasteiger partial charge < -0.3 is 9.88 Å². The van der Waals surface area contributed by atoms with E-state index in [0.29, 0.717) is 12.1 Å². The lowest BCUT2D eigenvalue weighted by Crippen LogP contribution is -2.30. The molecular weight excluding hydrogens is 245 g/mol. The Morgan fingerprint density at radius 2 is 2.37 bits per heavy atom. The molecule has 1 N–H and O–H groups in total. The highest BCUT2D eigenvalue weighted by Gasteiger charge is 2.31. The number of pyridine rings is 1. The van der Waals surface area contributed by atoms with Crippen LogP contribution in [0.25, 0.3) is 0 Å². The van der Waals surface area contributed by atoms with E-state index in [1.807, 2.05) is 18.3 Å². The van der Waals surface area contributed by atoms with E-state index in [1.54, 1.807) is 11.0 Å². The van der Waals surface area contributed by atoms with Crippen molar-refractivity contribution in [1.29, 1.82) is 0 Å². The Morgan fingerprint density at radius 3 is 3.11 bits per heavy atom. The maximum Gasteiger partial charge on any atom is 0.254 e. The molecule has 5 heteroatoms. The number of aromatic nitrogens is 2. The molecule has 3 rings (SSSR count). The van der Waals surface area contributed by atoms with Gasteiger partial charge in [-0.15, -0.1) is 0 Å². The fourth-order valence-corrected chi connectivity index (χ4v) is 2.59. The van der Waals surface area contributed by atoms with Crippen molar-refractivity contribution in [2.75, 3.05) is 6.54 Å². The zero-order valence-electron chi connectivity index (χ0n) is 10.3. The highest BCUT2D eigenvalue weighted by Crippen LogP contribution is 2.32. The van der Waals surface area contributed by atoms with Crippen LogP contribution in [0.4, 0.5) is 4.39 Å². The molecule has 0 aromatic carbocycles. The van der Waals surface area contributed by atoms with Crippen molar-refractivity contribution in [2.45, 2.75) is 18.9 Å². The van der Waals surface area contributed by atoms with E-state index < -0.39 is 5.95 Å². The second-order valence-corrected chi connectivity index (χ2v) is 4.65. The molecule has 2 aromatic rings. The first-order valence-electron chi connectivity index (χ1n) is 6.31. The number of hydrogen-bond donors (Lipinski definition) is 1. The molecule has 0 radical (unpaired) electrons. The van der Waals surface area contributed by atoms with Crippen molar-refractivity contribution in [3.63, 3.8) is 0 Å². The van der Waals surface area contributed by atoms with Gasteiger partial charge >= 0.3 is 0 Å². The molecule has 1 atom stereocenters. The molecule has 98 valence electrons. The largest absolute Gasteiger partial charge is 0.363 e. The second-order valence-electron chi connectivity index (χ2n) is 4.65. The highest BCUT2D eigenvalue weighted by atomic mass is 19.1. The Kier molecular flexibility index (Phi) is 3.03. The number of nitrogens with one attached hydrogen (secondary N) is 1. The molecule has 0 bridgehead atoms. The third-order valence-corrected chi connectivity index (χ3v) is 3.47. The molecule has 19 heavy (non-hydrogen) atoms. The summed E-state index contributed by atoms with van der Waals surface area (Å²) in [6.45, 7) is 0.701. The van der Waals surface area contributed by atoms with E-state index in [-0.39, 0.29) is 11.9 Å². The lowest BCUT2D eigenvalue weighted by atomic mass is 10.1. The molecule has 0 aliphatic carbocycles. The number of carbonyl (C=O) groups excluding carboxylic acids is 1. The van der Waals surface area contributed by atoms with Crippen LogP contribution < -0.4 is 0 Å². The summed E-state index contributed by atoms with van der Waals surface area (Å²) in [5.74, 6) is -0.764. The van der Waals surface area contributed by atoms with Gasteiger partial charge in [-0.3, -0.25) is 4.79 Å². The zero-order chi connectivity index (χ0) is 13.2. The van der Waals surface area contributed by atoms with Crippen molar-refractivity contribution in [3.8, 4) is 0 Å². The van der Waals surface area contributed by atoms with Gasteiger partial charge in [-0.2, -0.15) is 4.39 Å². The molecule has 1 aliphatic heterocycles. The van der Waals surface area contributed by atoms with E-state index in [0.717, 1.165) is 18.5 Å². The first-order chi connectivity index (χ1) is 9.25. The average molecular weight is 259 g/mol. The number of nitrogens with zero attached hydrogens (tertiary/aromatic N) is 2. The van der Waals surface area contributed by atoms with Gasteiger partial charge in [0.05, 0.1) is 6.04 Å². The fraction of sp³-hybridized carbons (Fsp3) is 0.286. The topological polar surface area (TPSA) is 49.0 Å². The molecule has 0 spiro atoms. The van der Waals surface area contributed by atoms with Crippen LogP contribution >= 0.6 is 0 Å². The lowest BCUT2D eigenvalue weighted by Gasteiger charge is -2.24. The summed E-state index contributed by atoms with van der Waals surface area (Å²) in [6, 6.07) is 6.69. The highest BCUT2D eigenvalue weighted by molar-refractivity contribution is 5.94. The maximum absolute atomic E-state index is 13.1. The first kappa shape index (κ1) is 11.9. The second kappa shape index (κ2) is 4.84. The number of halogens is 1. The number of H-pyrrole nitrogens is 1. The zero-order valence-corrected chi connectivity index (χ0v) is 10.3. The van der Waals surface area contributed by atoms with E-state index in [4.69, 9.17) is 0 Å². The quantitative estimate of drug-likeness (QED) is 0.842. The molecular formula is C14H14FN3O. The minimum absolute atomic E-state index is 0.0544. The van der Waals surface area contributed by atoms with Gasteiger partial charge in [0.1, 0.15) is 0 Å². The monoisotopic (exact) mass is 259 g/mol. The predicted molar refractivity (Wildman–Crippen MR) is 68.0 cm³/mol. The summed E-state index contributed by atoms with van der Waals surface area (Å²) in [5, 5.41) is 0. The molecule has 4 nitrogen and oxygen atoms in total. The SMILES string of the molecule is O=C(c1ccnc(F)c1)N1CCCC1c1ccc[nH]1. The summed E-state index contributed by atoms with van der Waals surface area (Å²) in [7, 11) is 0. The van der Waals surface area contributed by atoms with E-state index in [9.17, 15) is 9.18 Å². The standard InChI is InChI=1S/C14H14FN3O/c15-13-9-10(5-7-17-13)14(19)18-8-2-4-12(18)11-3-1-6-16-11/h1,3,5-7,9,12,16H,2,4,8H2. The van der Waals surface area contributed by atoms with Gasteiger partial charge in [-0.05, 0) is 31.0 Å². The summed E-state index contributed by atoms with van der Waals surface area (Å²) in [6.07, 6.45) is 5.06. The van der Waals surface area contributed by atoms with Gasteiger partial charge in [-0.25, -0.2) is 4.98 Å². The van der Waals surface area contributed by atoms with Gasteiger partial charge in [0.25, 0.3) is 5.91 Å². The first-order valence-corrected chi connectivity index (χ1v) is 6.31. The van der Waals surface area contributed by atoms with E-state index >= 15 is 0 Å². The van der Waals surface area contributed by atoms with Crippen LogP contribution in [-0.2, 0) is 0 Å². The summed E-state index contributed by atoms with van der Waals surface area (Å²) >= 11 is 0. The minimum Gasteiger partial charge on any atom is -0.363 e. The molecule has 1 aliphatic rings. The van der Waals surface area contributed by atoms with Crippen LogP contribution in [0.2, 0.25) is 0 Å². The van der Waals surface area contributed by atoms with Crippen LogP contribution in [0, 0.1) is 5.95 Å². The number of rotatable bonds is 2. The molecule has 1 saturated heterocycles. The number of carbonyl (C=O) groups is 1. The Labute approximate surface area is 110 Å². The average Bonchev–Trinajstić information content (AvgIpc) is 3.08.